The van der Waals surface area contributed by atoms with Gasteiger partial charge in [0.15, 0.2) is 10.3 Å². The van der Waals surface area contributed by atoms with Gasteiger partial charge in [0.05, 0.1) is 80.9 Å². The number of aromatic hydroxyl groups is 1. The second kappa shape index (κ2) is 37.0. The molecule has 2 aromatic heterocycles. The molecule has 4 aliphatic rings. The number of hydrogen-bond acceptors (Lipinski definition) is 23. The Labute approximate surface area is 478 Å². The molecule has 0 radical (unpaired) electrons. The maximum Gasteiger partial charge on any atom is 0.511 e. The number of phenols is 1. The third-order valence-electron chi connectivity index (χ3n) is 9.27. The molecule has 0 bridgehead atoms. The Kier molecular flexibility index (Phi) is 32.3. The van der Waals surface area contributed by atoms with Crippen molar-refractivity contribution in [2.75, 3.05) is 123 Å². The van der Waals surface area contributed by atoms with Gasteiger partial charge in [-0.25, -0.2) is 19.6 Å². The van der Waals surface area contributed by atoms with E-state index >= 15 is 0 Å². The van der Waals surface area contributed by atoms with Crippen LogP contribution >= 0.6 is 80.7 Å². The highest BCUT2D eigenvalue weighted by Crippen LogP contribution is 2.29. The summed E-state index contributed by atoms with van der Waals surface area (Å²) in [5.74, 6) is -1.23. The lowest BCUT2D eigenvalue weighted by molar-refractivity contribution is -0.380. The average molecular weight is 1240 g/mol. The number of phenolic OH excluding ortho intramolecular Hbond substituents is 1. The predicted molar refractivity (Wildman–Crippen MR) is 288 cm³/mol. The number of para-hydroxylation sites is 2. The van der Waals surface area contributed by atoms with Gasteiger partial charge in [0.25, 0.3) is 11.8 Å². The molecule has 0 aliphatic carbocycles. The van der Waals surface area contributed by atoms with Crippen molar-refractivity contribution in [2.24, 2.45) is 0 Å². The molecule has 8 rings (SSSR count). The molecule has 2 aromatic carbocycles. The molecule has 4 fully saturated rings. The fraction of sp³-hybridized carbons (Fsp3) is 0.442. The molecule has 78 heavy (non-hydrogen) atoms. The van der Waals surface area contributed by atoms with Crippen LogP contribution in [0.4, 0.5) is 39.4 Å². The van der Waals surface area contributed by atoms with Gasteiger partial charge in [-0.15, -0.1) is 0 Å². The third kappa shape index (κ3) is 27.0. The predicted octanol–water partition coefficient (Wildman–Crippen LogP) is 7.84. The van der Waals surface area contributed by atoms with Crippen molar-refractivity contribution >= 4 is 136 Å². The van der Waals surface area contributed by atoms with E-state index in [0.717, 1.165) is 68.5 Å². The smallest absolute Gasteiger partial charge is 0.507 e. The maximum absolute atomic E-state index is 12.4. The highest BCUT2D eigenvalue weighted by Gasteiger charge is 2.26. The van der Waals surface area contributed by atoms with Crippen LogP contribution in [-0.2, 0) is 28.4 Å². The number of anilines is 2. The summed E-state index contributed by atoms with van der Waals surface area (Å²) in [6.07, 6.45) is 0.518. The monoisotopic (exact) mass is 1240 g/mol. The number of aromatic nitrogens is 2. The highest BCUT2D eigenvalue weighted by atomic mass is 35.6. The third-order valence-corrected chi connectivity index (χ3v) is 11.7. The largest absolute Gasteiger partial charge is 0.511 e. The van der Waals surface area contributed by atoms with E-state index in [0.29, 0.717) is 78.9 Å². The molecule has 35 heteroatoms. The normalized spacial score (nSPS) is 14.6. The van der Waals surface area contributed by atoms with Crippen LogP contribution in [0.2, 0.25) is 0 Å². The van der Waals surface area contributed by atoms with Crippen molar-refractivity contribution in [3.8, 4) is 11.5 Å². The number of benzene rings is 2. The Morgan fingerprint density at radius 1 is 0.667 bits per heavy atom. The summed E-state index contributed by atoms with van der Waals surface area (Å²) in [6.45, 7) is 10.5. The number of morpholine rings is 4. The van der Waals surface area contributed by atoms with Crippen LogP contribution < -0.4 is 20.7 Å². The maximum atomic E-state index is 12.4. The zero-order valence-corrected chi connectivity index (χ0v) is 45.7. The Hall–Kier alpha value is -6.03. The zero-order chi connectivity index (χ0) is 56.8. The number of nitro groups is 2. The van der Waals surface area contributed by atoms with Crippen molar-refractivity contribution in [2.45, 2.75) is 11.4 Å². The first-order valence-corrected chi connectivity index (χ1v) is 25.6. The van der Waals surface area contributed by atoms with E-state index in [1.165, 1.54) is 29.2 Å². The number of halogens is 5. The van der Waals surface area contributed by atoms with Crippen LogP contribution in [0.5, 0.6) is 11.5 Å². The molecule has 0 unspecified atom stereocenters. The van der Waals surface area contributed by atoms with Gasteiger partial charge in [0.1, 0.15) is 23.9 Å². The fourth-order valence-electron chi connectivity index (χ4n) is 5.59. The van der Waals surface area contributed by atoms with Crippen LogP contribution in [0.3, 0.4) is 0 Å². The molecule has 6 heterocycles. The lowest BCUT2D eigenvalue weighted by Gasteiger charge is -2.26. The van der Waals surface area contributed by atoms with E-state index < -0.39 is 37.9 Å². The SMILES string of the molecule is C.C1COCCN1.COC(=O)OC(Cl)(Cl)Cl.O=C(Cl)N1CCOCC1.O=C(Cl)N1CCOCC1.O=C(Nc1ncc([N+](=O)[O-])s1)c1ccccc1O.O=C(Nc1ncc([N+](=O)[O-])s1)c1ccccc1OC(=O)N1CCOCC1. The second-order valence-electron chi connectivity index (χ2n) is 14.5. The molecule has 0 spiro atoms. The van der Waals surface area contributed by atoms with Gasteiger partial charge in [-0.2, -0.15) is 0 Å². The Bertz CT molecular complexity index is 2500. The summed E-state index contributed by atoms with van der Waals surface area (Å²) in [4.78, 5) is 99.4. The Balaban J connectivity index is 0.000000346. The number of rotatable bonds is 7. The minimum Gasteiger partial charge on any atom is -0.507 e. The second-order valence-corrected chi connectivity index (χ2v) is 19.3. The van der Waals surface area contributed by atoms with Gasteiger partial charge in [-0.3, -0.25) is 50.0 Å². The van der Waals surface area contributed by atoms with E-state index in [-0.39, 0.29) is 61.1 Å². The van der Waals surface area contributed by atoms with Crippen molar-refractivity contribution < 1.29 is 76.9 Å². The molecular formula is C43H53Cl5N10O18S2. The number of hydrogen-bond donors (Lipinski definition) is 4. The quantitative estimate of drug-likeness (QED) is 0.0342. The number of carbonyl (C=O) groups is 6. The van der Waals surface area contributed by atoms with Crippen molar-refractivity contribution in [3.63, 3.8) is 0 Å². The first kappa shape index (κ1) is 68.1. The molecule has 0 atom stereocenters. The van der Waals surface area contributed by atoms with E-state index in [9.17, 15) is 54.1 Å². The van der Waals surface area contributed by atoms with Crippen LogP contribution in [0.25, 0.3) is 0 Å². The first-order valence-electron chi connectivity index (χ1n) is 22.1. The van der Waals surface area contributed by atoms with E-state index in [1.54, 1.807) is 34.1 Å². The number of methoxy groups -OCH3 is 1. The average Bonchev–Trinajstić information content (AvgIpc) is 4.11. The molecule has 4 aromatic rings. The van der Waals surface area contributed by atoms with Crippen molar-refractivity contribution in [1.29, 1.82) is 0 Å². The number of carbonyl (C=O) groups excluding carboxylic acids is 6. The van der Waals surface area contributed by atoms with Crippen molar-refractivity contribution in [3.05, 3.63) is 92.3 Å². The zero-order valence-electron chi connectivity index (χ0n) is 40.3. The molecule has 5 amide bonds. The van der Waals surface area contributed by atoms with Gasteiger partial charge in [0, 0.05) is 52.4 Å². The summed E-state index contributed by atoms with van der Waals surface area (Å²) >= 11 is 26.9. The standard InChI is InChI=1S/C15H14N4O6S.C10H7N3O4S.2C5H8ClNO2.C4H9NO.C3H3Cl3O3.CH4/c20-13(17-14-16-9-12(26-14)19(22)23)10-3-1-2-4-11(10)25-15(21)18-5-7-24-8-6-18;14-7-4-2-1-3-6(7)9(15)12-10-11-5-8(18-10)13(16)17;2*6-5(8)7-1-3-9-4-2-7;1-3-6-4-2-5-1;1-8-2(7)9-3(4,5)6;/h1-4,9H,5-8H2,(H,16,17,20);1-5,14H,(H,11,12,15);2*1-4H2;5H,1-4H2;1H3;1H4. The summed E-state index contributed by atoms with van der Waals surface area (Å²) in [7, 11) is 1.11. The van der Waals surface area contributed by atoms with E-state index in [4.69, 9.17) is 81.7 Å². The van der Waals surface area contributed by atoms with Crippen LogP contribution in [-0.4, -0.2) is 191 Å². The number of amides is 5. The number of thiazole rings is 2. The van der Waals surface area contributed by atoms with E-state index in [2.05, 4.69) is 35.4 Å². The summed E-state index contributed by atoms with van der Waals surface area (Å²) in [5, 5.41) is 37.7. The highest BCUT2D eigenvalue weighted by molar-refractivity contribution is 7.19. The number of nitrogens with one attached hydrogen (secondary N) is 3. The van der Waals surface area contributed by atoms with Gasteiger partial charge in [0.2, 0.25) is 0 Å². The van der Waals surface area contributed by atoms with Crippen LogP contribution in [0.1, 0.15) is 28.1 Å². The fourth-order valence-corrected chi connectivity index (χ4v) is 7.37. The molecule has 0 saturated carbocycles. The van der Waals surface area contributed by atoms with Crippen LogP contribution in [0.15, 0.2) is 60.9 Å². The lowest BCUT2D eigenvalue weighted by atomic mass is 10.2. The Morgan fingerprint density at radius 2 is 1.06 bits per heavy atom. The molecule has 430 valence electrons. The van der Waals surface area contributed by atoms with Gasteiger partial charge in [-0.1, -0.05) is 31.7 Å². The van der Waals surface area contributed by atoms with Gasteiger partial charge < -0.3 is 58.3 Å². The number of ether oxygens (including phenoxy) is 7. The van der Waals surface area contributed by atoms with Gasteiger partial charge >= 0.3 is 37.0 Å². The number of nitrogens with zero attached hydrogens (tertiary/aromatic N) is 7. The van der Waals surface area contributed by atoms with E-state index in [1.807, 2.05) is 0 Å². The lowest BCUT2D eigenvalue weighted by Crippen LogP contribution is -2.42. The van der Waals surface area contributed by atoms with Gasteiger partial charge in [-0.05, 0) is 105 Å². The first-order chi connectivity index (χ1) is 36.7. The molecular weight excluding hydrogens is 1190 g/mol. The minimum atomic E-state index is -2.03. The molecule has 4 N–H and O–H groups in total. The number of alkyl halides is 3. The molecule has 28 nitrogen and oxygen atoms in total. The van der Waals surface area contributed by atoms with Crippen LogP contribution in [0, 0.1) is 20.2 Å². The minimum absolute atomic E-state index is 0. The molecule has 4 aliphatic heterocycles. The topological polar surface area (TPSA) is 345 Å². The summed E-state index contributed by atoms with van der Waals surface area (Å²) < 4.78 is 31.5. The summed E-state index contributed by atoms with van der Waals surface area (Å²) in [6, 6.07) is 12.2. The molecule has 4 saturated heterocycles. The van der Waals surface area contributed by atoms with Crippen molar-refractivity contribution in [1.82, 2.24) is 30.0 Å². The summed E-state index contributed by atoms with van der Waals surface area (Å²) in [5.41, 5.74) is 0.197. The Morgan fingerprint density at radius 3 is 1.40 bits per heavy atom.